The maximum absolute atomic E-state index is 12.5. The second-order valence-electron chi connectivity index (χ2n) is 7.43. The number of nitrogens with zero attached hydrogens (tertiary/aromatic N) is 2. The largest absolute Gasteiger partial charge is 0.422 e. The van der Waals surface area contributed by atoms with Gasteiger partial charge in [0.25, 0.3) is 5.56 Å². The van der Waals surface area contributed by atoms with E-state index in [0.717, 1.165) is 24.4 Å². The number of rotatable bonds is 3. The van der Waals surface area contributed by atoms with Gasteiger partial charge in [0.15, 0.2) is 0 Å². The highest BCUT2D eigenvalue weighted by Crippen LogP contribution is 2.38. The zero-order valence-corrected chi connectivity index (χ0v) is 16.4. The van der Waals surface area contributed by atoms with E-state index in [1.54, 1.807) is 18.2 Å². The highest BCUT2D eigenvalue weighted by atomic mass is 35.5. The van der Waals surface area contributed by atoms with Gasteiger partial charge in [-0.05, 0) is 31.0 Å². The SMILES string of the molecule is O=c1[nH]c(C2CC2)nc2c1CN(Cc1c(Cl)c3cc(Cl)ccc3oc1=O)CC2. The highest BCUT2D eigenvalue weighted by molar-refractivity contribution is 6.37. The summed E-state index contributed by atoms with van der Waals surface area (Å²) < 4.78 is 5.41. The van der Waals surface area contributed by atoms with Crippen molar-refractivity contribution in [1.82, 2.24) is 14.9 Å². The Morgan fingerprint density at radius 3 is 2.86 bits per heavy atom. The third-order valence-corrected chi connectivity index (χ3v) is 6.07. The van der Waals surface area contributed by atoms with E-state index in [2.05, 4.69) is 9.97 Å². The zero-order chi connectivity index (χ0) is 19.4. The number of fused-ring (bicyclic) bond motifs is 2. The lowest BCUT2D eigenvalue weighted by molar-refractivity contribution is 0.238. The first kappa shape index (κ1) is 17.9. The molecule has 6 nitrogen and oxygen atoms in total. The lowest BCUT2D eigenvalue weighted by atomic mass is 10.1. The summed E-state index contributed by atoms with van der Waals surface area (Å²) in [6.07, 6.45) is 2.85. The Balaban J connectivity index is 1.46. The van der Waals surface area contributed by atoms with Gasteiger partial charge in [0, 0.05) is 42.4 Å². The molecule has 1 fully saturated rings. The molecule has 1 saturated carbocycles. The maximum Gasteiger partial charge on any atom is 0.342 e. The van der Waals surface area contributed by atoms with Gasteiger partial charge < -0.3 is 9.40 Å². The average Bonchev–Trinajstić information content (AvgIpc) is 3.51. The average molecular weight is 418 g/mol. The van der Waals surface area contributed by atoms with E-state index in [9.17, 15) is 9.59 Å². The first-order valence-electron chi connectivity index (χ1n) is 9.24. The van der Waals surface area contributed by atoms with Gasteiger partial charge in [0.1, 0.15) is 11.4 Å². The molecule has 28 heavy (non-hydrogen) atoms. The van der Waals surface area contributed by atoms with Crippen molar-refractivity contribution in [1.29, 1.82) is 0 Å². The Kier molecular flexibility index (Phi) is 4.30. The summed E-state index contributed by atoms with van der Waals surface area (Å²) in [4.78, 5) is 34.6. The van der Waals surface area contributed by atoms with Crippen LogP contribution in [0.25, 0.3) is 11.0 Å². The number of hydrogen-bond donors (Lipinski definition) is 1. The van der Waals surface area contributed by atoms with Crippen LogP contribution in [0.1, 0.15) is 41.4 Å². The van der Waals surface area contributed by atoms with Crippen LogP contribution in [0.4, 0.5) is 0 Å². The fourth-order valence-electron chi connectivity index (χ4n) is 3.72. The fourth-order valence-corrected chi connectivity index (χ4v) is 4.18. The van der Waals surface area contributed by atoms with Gasteiger partial charge in [0.2, 0.25) is 0 Å². The van der Waals surface area contributed by atoms with E-state index >= 15 is 0 Å². The van der Waals surface area contributed by atoms with Gasteiger partial charge in [-0.3, -0.25) is 9.69 Å². The van der Waals surface area contributed by atoms with Crippen molar-refractivity contribution in [2.45, 2.75) is 38.3 Å². The van der Waals surface area contributed by atoms with Crippen molar-refractivity contribution in [3.63, 3.8) is 0 Å². The summed E-state index contributed by atoms with van der Waals surface area (Å²) in [5.74, 6) is 1.22. The molecule has 0 saturated heterocycles. The Morgan fingerprint density at radius 1 is 1.25 bits per heavy atom. The summed E-state index contributed by atoms with van der Waals surface area (Å²) in [7, 11) is 0. The second-order valence-corrected chi connectivity index (χ2v) is 8.25. The second kappa shape index (κ2) is 6.72. The monoisotopic (exact) mass is 417 g/mol. The molecule has 0 radical (unpaired) electrons. The van der Waals surface area contributed by atoms with Gasteiger partial charge in [-0.25, -0.2) is 9.78 Å². The summed E-state index contributed by atoms with van der Waals surface area (Å²) in [6, 6.07) is 4.97. The van der Waals surface area contributed by atoms with Crippen LogP contribution >= 0.6 is 23.2 Å². The molecule has 0 spiro atoms. The van der Waals surface area contributed by atoms with Gasteiger partial charge in [-0.1, -0.05) is 23.2 Å². The maximum atomic E-state index is 12.5. The van der Waals surface area contributed by atoms with Crippen LogP contribution in [-0.4, -0.2) is 21.4 Å². The van der Waals surface area contributed by atoms with E-state index < -0.39 is 5.63 Å². The molecule has 0 amide bonds. The van der Waals surface area contributed by atoms with E-state index in [4.69, 9.17) is 27.6 Å². The quantitative estimate of drug-likeness (QED) is 0.658. The van der Waals surface area contributed by atoms with Crippen molar-refractivity contribution < 1.29 is 4.42 Å². The topological polar surface area (TPSA) is 79.2 Å². The molecule has 0 unspecified atom stereocenters. The van der Waals surface area contributed by atoms with Crippen LogP contribution in [0.5, 0.6) is 0 Å². The molecule has 2 aliphatic rings. The summed E-state index contributed by atoms with van der Waals surface area (Å²) in [5.41, 5.74) is 1.76. The predicted molar refractivity (Wildman–Crippen MR) is 107 cm³/mol. The van der Waals surface area contributed by atoms with Gasteiger partial charge in [-0.2, -0.15) is 0 Å². The molecule has 144 valence electrons. The van der Waals surface area contributed by atoms with Gasteiger partial charge >= 0.3 is 5.63 Å². The molecule has 1 aliphatic heterocycles. The Labute approximate surface area is 170 Å². The van der Waals surface area contributed by atoms with Crippen LogP contribution in [0.15, 0.2) is 32.2 Å². The lowest BCUT2D eigenvalue weighted by Crippen LogP contribution is -2.36. The first-order valence-corrected chi connectivity index (χ1v) is 10.0. The van der Waals surface area contributed by atoms with E-state index in [0.29, 0.717) is 64.1 Å². The van der Waals surface area contributed by atoms with Crippen molar-refractivity contribution in [2.75, 3.05) is 6.54 Å². The van der Waals surface area contributed by atoms with E-state index in [-0.39, 0.29) is 5.56 Å². The van der Waals surface area contributed by atoms with Crippen molar-refractivity contribution in [3.8, 4) is 0 Å². The van der Waals surface area contributed by atoms with Gasteiger partial charge in [0.05, 0.1) is 21.8 Å². The molecule has 1 N–H and O–H groups in total. The summed E-state index contributed by atoms with van der Waals surface area (Å²) in [5, 5.41) is 1.47. The molecule has 0 bridgehead atoms. The molecular formula is C20H17Cl2N3O3. The minimum Gasteiger partial charge on any atom is -0.422 e. The van der Waals surface area contributed by atoms with Crippen molar-refractivity contribution in [3.05, 3.63) is 71.7 Å². The normalized spacial score (nSPS) is 17.1. The molecule has 3 aromatic rings. The van der Waals surface area contributed by atoms with Crippen LogP contribution in [-0.2, 0) is 19.5 Å². The number of aromatic nitrogens is 2. The number of halogens is 2. The molecule has 5 rings (SSSR count). The Morgan fingerprint density at radius 2 is 2.07 bits per heavy atom. The molecule has 8 heteroatoms. The van der Waals surface area contributed by atoms with E-state index in [1.807, 2.05) is 4.90 Å². The predicted octanol–water partition coefficient (Wildman–Crippen LogP) is 3.62. The minimum atomic E-state index is -0.471. The summed E-state index contributed by atoms with van der Waals surface area (Å²) >= 11 is 12.6. The lowest BCUT2D eigenvalue weighted by Gasteiger charge is -2.27. The molecule has 3 heterocycles. The zero-order valence-electron chi connectivity index (χ0n) is 14.9. The molecular weight excluding hydrogens is 401 g/mol. The number of nitrogens with one attached hydrogen (secondary N) is 1. The highest BCUT2D eigenvalue weighted by Gasteiger charge is 2.29. The molecule has 1 aliphatic carbocycles. The van der Waals surface area contributed by atoms with Crippen molar-refractivity contribution in [2.24, 2.45) is 0 Å². The van der Waals surface area contributed by atoms with Crippen LogP contribution in [0.3, 0.4) is 0 Å². The van der Waals surface area contributed by atoms with Crippen LogP contribution < -0.4 is 11.2 Å². The number of aromatic amines is 1. The van der Waals surface area contributed by atoms with Crippen LogP contribution in [0, 0.1) is 0 Å². The molecule has 1 aromatic carbocycles. The number of hydrogen-bond acceptors (Lipinski definition) is 5. The van der Waals surface area contributed by atoms with E-state index in [1.165, 1.54) is 0 Å². The molecule has 0 atom stereocenters. The standard InChI is InChI=1S/C20H17Cl2N3O3/c21-11-3-4-16-12(7-11)17(22)14(20(27)28-16)9-25-6-5-15-13(8-25)19(26)24-18(23-15)10-1-2-10/h3-4,7,10H,1-2,5-6,8-9H2,(H,23,24,26). The Hall–Kier alpha value is -2.15. The Bertz CT molecular complexity index is 1210. The van der Waals surface area contributed by atoms with Crippen LogP contribution in [0.2, 0.25) is 10.0 Å². The van der Waals surface area contributed by atoms with Crippen molar-refractivity contribution >= 4 is 34.2 Å². The minimum absolute atomic E-state index is 0.0833. The number of benzene rings is 1. The smallest absolute Gasteiger partial charge is 0.342 e. The summed E-state index contributed by atoms with van der Waals surface area (Å²) in [6.45, 7) is 1.41. The molecule has 2 aromatic heterocycles. The third-order valence-electron chi connectivity index (χ3n) is 5.40. The number of H-pyrrole nitrogens is 1. The first-order chi connectivity index (χ1) is 13.5. The fraction of sp³-hybridized carbons (Fsp3) is 0.350. The third kappa shape index (κ3) is 3.15. The van der Waals surface area contributed by atoms with Gasteiger partial charge in [-0.15, -0.1) is 0 Å².